The zero-order valence-corrected chi connectivity index (χ0v) is 16.5. The Balaban J connectivity index is 2.44. The van der Waals surface area contributed by atoms with Crippen molar-refractivity contribution >= 4 is 36.4 Å². The summed E-state index contributed by atoms with van der Waals surface area (Å²) >= 11 is 6.25. The van der Waals surface area contributed by atoms with Crippen molar-refractivity contribution in [3.8, 4) is 0 Å². The Kier molecular flexibility index (Phi) is 6.39. The molecule has 0 saturated carbocycles. The van der Waals surface area contributed by atoms with E-state index in [-0.39, 0.29) is 7.92 Å². The largest absolute Gasteiger partial charge is 0.0966 e. The highest BCUT2D eigenvalue weighted by Crippen LogP contribution is 2.62. The van der Waals surface area contributed by atoms with Crippen molar-refractivity contribution in [1.82, 2.24) is 0 Å². The van der Waals surface area contributed by atoms with E-state index < -0.39 is 6.04 Å². The van der Waals surface area contributed by atoms with E-state index in [9.17, 15) is 0 Å². The molecule has 0 amide bonds. The van der Waals surface area contributed by atoms with Gasteiger partial charge in [-0.25, -0.2) is 0 Å². The molecule has 3 heteroatoms. The summed E-state index contributed by atoms with van der Waals surface area (Å²) in [5.74, 6) is 1.18. The minimum atomic E-state index is -1.39. The van der Waals surface area contributed by atoms with Gasteiger partial charge in [-0.15, -0.1) is 0 Å². The van der Waals surface area contributed by atoms with E-state index in [2.05, 4.69) is 88.4 Å². The van der Waals surface area contributed by atoms with Gasteiger partial charge in [0.25, 0.3) is 0 Å². The van der Waals surface area contributed by atoms with Crippen molar-refractivity contribution in [1.29, 1.82) is 0 Å². The molecule has 0 unspecified atom stereocenters. The van der Waals surface area contributed by atoms with E-state index in [0.717, 1.165) is 0 Å². The average molecular weight is 348 g/mol. The van der Waals surface area contributed by atoms with E-state index in [4.69, 9.17) is 11.8 Å². The smallest absolute Gasteiger partial charge is 0.00553 e. The van der Waals surface area contributed by atoms with Crippen LogP contribution in [0.1, 0.15) is 27.7 Å². The van der Waals surface area contributed by atoms with Crippen LogP contribution in [-0.4, -0.2) is 17.2 Å². The van der Waals surface area contributed by atoms with Gasteiger partial charge in [-0.1, -0.05) is 100 Å². The highest BCUT2D eigenvalue weighted by Gasteiger charge is 2.30. The zero-order valence-electron chi connectivity index (χ0n) is 13.9. The van der Waals surface area contributed by atoms with Gasteiger partial charge in [0.2, 0.25) is 0 Å². The lowest BCUT2D eigenvalue weighted by molar-refractivity contribution is 1.01. The maximum Gasteiger partial charge on any atom is 0.00553 e. The number of benzene rings is 2. The Hall–Kier alpha value is -0.480. The van der Waals surface area contributed by atoms with Crippen LogP contribution in [0, 0.1) is 0 Å². The summed E-state index contributed by atoms with van der Waals surface area (Å²) in [4.78, 5) is 0. The van der Waals surface area contributed by atoms with Crippen LogP contribution in [0.2, 0.25) is 0 Å². The summed E-state index contributed by atoms with van der Waals surface area (Å²) in [7, 11) is -0.359. The minimum absolute atomic E-state index is 0.359. The van der Waals surface area contributed by atoms with Crippen LogP contribution in [0.5, 0.6) is 0 Å². The van der Waals surface area contributed by atoms with Crippen LogP contribution in [0.25, 0.3) is 0 Å². The van der Waals surface area contributed by atoms with Gasteiger partial charge in [0.1, 0.15) is 0 Å². The molecule has 0 N–H and O–H groups in total. The standard InChI is InChI=1S/C19H26P2S/c1-16(2)21(22,17(3)4)15-20(18-11-7-5-8-12-18)19-13-9-6-10-14-19/h5-14,16-17H,15H2,1-4H3. The minimum Gasteiger partial charge on any atom is -0.0966 e. The second kappa shape index (κ2) is 7.87. The predicted molar refractivity (Wildman–Crippen MR) is 108 cm³/mol. The Morgan fingerprint density at radius 3 is 1.45 bits per heavy atom. The fourth-order valence-electron chi connectivity index (χ4n) is 2.67. The molecule has 0 spiro atoms. The third-order valence-electron chi connectivity index (χ3n) is 4.25. The molecule has 0 aliphatic rings. The van der Waals surface area contributed by atoms with E-state index in [1.54, 1.807) is 0 Å². The highest BCUT2D eigenvalue weighted by atomic mass is 32.4. The Bertz CT molecular complexity index is 569. The molecule has 0 atom stereocenters. The first kappa shape index (κ1) is 17.9. The van der Waals surface area contributed by atoms with Crippen LogP contribution in [-0.2, 0) is 11.8 Å². The molecular weight excluding hydrogens is 322 g/mol. The molecule has 0 aliphatic carbocycles. The molecule has 0 fully saturated rings. The van der Waals surface area contributed by atoms with Crippen LogP contribution in [0.4, 0.5) is 0 Å². The first-order chi connectivity index (χ1) is 10.4. The number of hydrogen-bond acceptors (Lipinski definition) is 1. The Labute approximate surface area is 142 Å². The second-order valence-corrected chi connectivity index (χ2v) is 15.1. The molecule has 0 radical (unpaired) electrons. The van der Waals surface area contributed by atoms with Gasteiger partial charge in [0.15, 0.2) is 0 Å². The molecule has 118 valence electrons. The molecular formula is C19H26P2S. The highest BCUT2D eigenvalue weighted by molar-refractivity contribution is 8.18. The SMILES string of the molecule is CC(C)P(=S)(CP(c1ccccc1)c1ccccc1)C(C)C. The Morgan fingerprint density at radius 1 is 0.773 bits per heavy atom. The molecule has 22 heavy (non-hydrogen) atoms. The molecule has 0 aromatic heterocycles. The molecule has 0 aliphatic heterocycles. The molecule has 2 aromatic carbocycles. The van der Waals surface area contributed by atoms with Gasteiger partial charge < -0.3 is 0 Å². The van der Waals surface area contributed by atoms with E-state index >= 15 is 0 Å². The lowest BCUT2D eigenvalue weighted by Gasteiger charge is -2.34. The van der Waals surface area contributed by atoms with Crippen molar-refractivity contribution in [2.75, 3.05) is 5.90 Å². The number of hydrogen-bond donors (Lipinski definition) is 0. The second-order valence-electron chi connectivity index (χ2n) is 6.28. The maximum atomic E-state index is 6.25. The van der Waals surface area contributed by atoms with Gasteiger partial charge in [-0.2, -0.15) is 0 Å². The summed E-state index contributed by atoms with van der Waals surface area (Å²) in [6.45, 7) is 9.29. The molecule has 0 saturated heterocycles. The van der Waals surface area contributed by atoms with Crippen molar-refractivity contribution < 1.29 is 0 Å². The fraction of sp³-hybridized carbons (Fsp3) is 0.368. The fourth-order valence-corrected chi connectivity index (χ4v) is 12.0. The van der Waals surface area contributed by atoms with Gasteiger partial charge in [-0.3, -0.25) is 0 Å². The van der Waals surface area contributed by atoms with Gasteiger partial charge in [0.05, 0.1) is 0 Å². The van der Waals surface area contributed by atoms with E-state index in [1.165, 1.54) is 16.5 Å². The molecule has 2 rings (SSSR count). The van der Waals surface area contributed by atoms with Crippen molar-refractivity contribution in [2.45, 2.75) is 39.0 Å². The lowest BCUT2D eigenvalue weighted by Crippen LogP contribution is -2.19. The molecule has 0 heterocycles. The van der Waals surface area contributed by atoms with Gasteiger partial charge in [-0.05, 0) is 35.9 Å². The summed E-state index contributed by atoms with van der Waals surface area (Å²) < 4.78 is 0. The first-order valence-electron chi connectivity index (χ1n) is 7.91. The average Bonchev–Trinajstić information content (AvgIpc) is 2.53. The number of rotatable bonds is 6. The zero-order chi connectivity index (χ0) is 16.2. The Morgan fingerprint density at radius 2 is 1.14 bits per heavy atom. The third kappa shape index (κ3) is 4.08. The van der Waals surface area contributed by atoms with Crippen LogP contribution < -0.4 is 10.6 Å². The van der Waals surface area contributed by atoms with Crippen LogP contribution in [0.15, 0.2) is 60.7 Å². The third-order valence-corrected chi connectivity index (χ3v) is 16.1. The lowest BCUT2D eigenvalue weighted by atomic mass is 10.4. The van der Waals surface area contributed by atoms with Crippen molar-refractivity contribution in [2.24, 2.45) is 0 Å². The van der Waals surface area contributed by atoms with E-state index in [0.29, 0.717) is 11.3 Å². The summed E-state index contributed by atoms with van der Waals surface area (Å²) in [6.07, 6.45) is 0. The monoisotopic (exact) mass is 348 g/mol. The first-order valence-corrected chi connectivity index (χ1v) is 12.6. The van der Waals surface area contributed by atoms with Gasteiger partial charge >= 0.3 is 0 Å². The maximum absolute atomic E-state index is 6.25. The van der Waals surface area contributed by atoms with Crippen LogP contribution in [0.3, 0.4) is 0 Å². The van der Waals surface area contributed by atoms with Crippen molar-refractivity contribution in [3.05, 3.63) is 60.7 Å². The quantitative estimate of drug-likeness (QED) is 0.632. The van der Waals surface area contributed by atoms with Crippen molar-refractivity contribution in [3.63, 3.8) is 0 Å². The van der Waals surface area contributed by atoms with Crippen LogP contribution >= 0.6 is 14.0 Å². The molecule has 0 nitrogen and oxygen atoms in total. The topological polar surface area (TPSA) is 0 Å². The summed E-state index contributed by atoms with van der Waals surface area (Å²) in [5.41, 5.74) is 1.22. The summed E-state index contributed by atoms with van der Waals surface area (Å²) in [5, 5.41) is 2.92. The molecule has 2 aromatic rings. The summed E-state index contributed by atoms with van der Waals surface area (Å²) in [6, 6.07) is 20.5. The van der Waals surface area contributed by atoms with Gasteiger partial charge in [0, 0.05) is 5.90 Å². The normalized spacial score (nSPS) is 12.3. The molecule has 0 bridgehead atoms. The van der Waals surface area contributed by atoms with E-state index in [1.807, 2.05) is 0 Å². The predicted octanol–water partition coefficient (Wildman–Crippen LogP) is 5.37.